The van der Waals surface area contributed by atoms with E-state index in [9.17, 15) is 0 Å². The third-order valence-electron chi connectivity index (χ3n) is 8.49. The Morgan fingerprint density at radius 3 is 2.21 bits per heavy atom. The maximum absolute atomic E-state index is 5.27. The molecule has 2 nitrogen and oxygen atoms in total. The van der Waals surface area contributed by atoms with E-state index >= 15 is 0 Å². The van der Waals surface area contributed by atoms with E-state index in [-0.39, 0.29) is 5.41 Å². The Labute approximate surface area is 227 Å². The van der Waals surface area contributed by atoms with Gasteiger partial charge in [0.05, 0.1) is 16.9 Å². The molecule has 2 heteroatoms. The van der Waals surface area contributed by atoms with Gasteiger partial charge >= 0.3 is 0 Å². The molecule has 2 aromatic heterocycles. The summed E-state index contributed by atoms with van der Waals surface area (Å²) < 4.78 is 0. The highest BCUT2D eigenvalue weighted by molar-refractivity contribution is 6.19. The van der Waals surface area contributed by atoms with Crippen LogP contribution in [0.2, 0.25) is 0 Å². The van der Waals surface area contributed by atoms with Gasteiger partial charge in [0.2, 0.25) is 0 Å². The van der Waals surface area contributed by atoms with Crippen LogP contribution in [0.4, 0.5) is 0 Å². The second-order valence-corrected chi connectivity index (χ2v) is 11.0. The number of hydrogen-bond acceptors (Lipinski definition) is 2. The van der Waals surface area contributed by atoms with Gasteiger partial charge in [-0.15, -0.1) is 0 Å². The van der Waals surface area contributed by atoms with Crippen LogP contribution < -0.4 is 0 Å². The van der Waals surface area contributed by atoms with Gasteiger partial charge in [-0.1, -0.05) is 111 Å². The van der Waals surface area contributed by atoms with Gasteiger partial charge in [-0.05, 0) is 45.8 Å². The van der Waals surface area contributed by atoms with Crippen molar-refractivity contribution >= 4 is 32.4 Å². The Balaban J connectivity index is 1.44. The molecule has 5 aromatic carbocycles. The zero-order valence-electron chi connectivity index (χ0n) is 21.9. The average molecular weight is 499 g/mol. The molecule has 0 radical (unpaired) electrons. The number of aromatic nitrogens is 2. The van der Waals surface area contributed by atoms with Crippen molar-refractivity contribution in [1.29, 1.82) is 0 Å². The molecule has 0 bridgehead atoms. The summed E-state index contributed by atoms with van der Waals surface area (Å²) in [6.45, 7) is 4.68. The van der Waals surface area contributed by atoms with Crippen LogP contribution in [0.3, 0.4) is 0 Å². The van der Waals surface area contributed by atoms with Crippen LogP contribution in [0.1, 0.15) is 25.0 Å². The predicted molar refractivity (Wildman–Crippen MR) is 163 cm³/mol. The predicted octanol–water partition coefficient (Wildman–Crippen LogP) is 9.58. The summed E-state index contributed by atoms with van der Waals surface area (Å²) in [6, 6.07) is 41.3. The Kier molecular flexibility index (Phi) is 4.60. The number of rotatable bonds is 2. The monoisotopic (exact) mass is 498 g/mol. The molecule has 0 atom stereocenters. The molecule has 1 aliphatic carbocycles. The van der Waals surface area contributed by atoms with Crippen LogP contribution in [-0.2, 0) is 5.41 Å². The summed E-state index contributed by atoms with van der Waals surface area (Å²) in [5.41, 5.74) is 10.6. The van der Waals surface area contributed by atoms with Gasteiger partial charge in [-0.3, -0.25) is 4.98 Å². The Bertz CT molecular complexity index is 2100. The van der Waals surface area contributed by atoms with E-state index in [4.69, 9.17) is 9.97 Å². The van der Waals surface area contributed by atoms with Crippen molar-refractivity contribution in [1.82, 2.24) is 9.97 Å². The summed E-state index contributed by atoms with van der Waals surface area (Å²) in [5.74, 6) is 0. The molecule has 8 rings (SSSR count). The van der Waals surface area contributed by atoms with Crippen LogP contribution in [0.15, 0.2) is 121 Å². The first-order valence-corrected chi connectivity index (χ1v) is 13.5. The zero-order valence-corrected chi connectivity index (χ0v) is 21.9. The minimum Gasteiger partial charge on any atom is -0.256 e. The number of benzene rings is 5. The minimum atomic E-state index is -0.0510. The molecular weight excluding hydrogens is 472 g/mol. The van der Waals surface area contributed by atoms with E-state index in [2.05, 4.69) is 129 Å². The van der Waals surface area contributed by atoms with Gasteiger partial charge in [0.1, 0.15) is 0 Å². The largest absolute Gasteiger partial charge is 0.256 e. The molecule has 7 aromatic rings. The first-order valence-electron chi connectivity index (χ1n) is 13.5. The first kappa shape index (κ1) is 22.2. The summed E-state index contributed by atoms with van der Waals surface area (Å²) in [4.78, 5) is 10.1. The minimum absolute atomic E-state index is 0.0510. The van der Waals surface area contributed by atoms with E-state index in [0.717, 1.165) is 33.4 Å². The lowest BCUT2D eigenvalue weighted by atomic mass is 9.81. The van der Waals surface area contributed by atoms with Crippen LogP contribution in [0, 0.1) is 0 Å². The fourth-order valence-corrected chi connectivity index (χ4v) is 6.62. The van der Waals surface area contributed by atoms with Crippen molar-refractivity contribution < 1.29 is 0 Å². The van der Waals surface area contributed by atoms with Gasteiger partial charge in [0.25, 0.3) is 0 Å². The molecule has 0 aliphatic heterocycles. The van der Waals surface area contributed by atoms with Gasteiger partial charge in [-0.2, -0.15) is 0 Å². The quantitative estimate of drug-likeness (QED) is 0.222. The van der Waals surface area contributed by atoms with Gasteiger partial charge in [0, 0.05) is 44.3 Å². The van der Waals surface area contributed by atoms with Crippen LogP contribution in [0.5, 0.6) is 0 Å². The highest BCUT2D eigenvalue weighted by Crippen LogP contribution is 2.53. The van der Waals surface area contributed by atoms with Crippen molar-refractivity contribution in [3.05, 3.63) is 133 Å². The van der Waals surface area contributed by atoms with Crippen LogP contribution >= 0.6 is 0 Å². The van der Waals surface area contributed by atoms with E-state index in [0.29, 0.717) is 0 Å². The summed E-state index contributed by atoms with van der Waals surface area (Å²) in [7, 11) is 0. The normalized spacial score (nSPS) is 13.6. The molecular formula is C37H26N2. The summed E-state index contributed by atoms with van der Waals surface area (Å²) in [6.07, 6.45) is 1.90. The third-order valence-corrected chi connectivity index (χ3v) is 8.49. The van der Waals surface area contributed by atoms with Crippen molar-refractivity contribution in [3.8, 4) is 33.6 Å². The number of pyridine rings is 2. The standard InChI is InChI=1S/C37H26N2/c1-37(2)30-16-7-5-14-27(30)34-31(37)19-18-29-33(34)28-15-6-8-17-32(28)39-36(29)25-12-9-11-24(22-25)35-26-13-4-3-10-23(26)20-21-38-35/h3-22H,1-2H3. The summed E-state index contributed by atoms with van der Waals surface area (Å²) in [5, 5.41) is 6.03. The van der Waals surface area contributed by atoms with Crippen molar-refractivity contribution in [2.24, 2.45) is 0 Å². The molecule has 0 fully saturated rings. The number of para-hydroxylation sites is 1. The van der Waals surface area contributed by atoms with Gasteiger partial charge < -0.3 is 0 Å². The molecule has 0 unspecified atom stereocenters. The molecule has 2 heterocycles. The first-order chi connectivity index (χ1) is 19.1. The van der Waals surface area contributed by atoms with E-state index < -0.39 is 0 Å². The highest BCUT2D eigenvalue weighted by Gasteiger charge is 2.36. The van der Waals surface area contributed by atoms with E-state index in [1.54, 1.807) is 0 Å². The third kappa shape index (κ3) is 3.15. The molecule has 1 aliphatic rings. The maximum atomic E-state index is 5.27. The number of fused-ring (bicyclic) bond motifs is 8. The van der Waals surface area contributed by atoms with Crippen molar-refractivity contribution in [2.75, 3.05) is 0 Å². The van der Waals surface area contributed by atoms with Crippen molar-refractivity contribution in [2.45, 2.75) is 19.3 Å². The zero-order chi connectivity index (χ0) is 26.1. The van der Waals surface area contributed by atoms with Gasteiger partial charge in [-0.25, -0.2) is 4.98 Å². The van der Waals surface area contributed by atoms with Crippen molar-refractivity contribution in [3.63, 3.8) is 0 Å². The van der Waals surface area contributed by atoms with E-state index in [1.807, 2.05) is 6.20 Å². The molecule has 0 saturated heterocycles. The Morgan fingerprint density at radius 1 is 0.564 bits per heavy atom. The lowest BCUT2D eigenvalue weighted by molar-refractivity contribution is 0.661. The second-order valence-electron chi connectivity index (χ2n) is 11.0. The topological polar surface area (TPSA) is 25.8 Å². The number of hydrogen-bond donors (Lipinski definition) is 0. The smallest absolute Gasteiger partial charge is 0.0788 e. The molecule has 0 amide bonds. The van der Waals surface area contributed by atoms with E-state index in [1.165, 1.54) is 43.8 Å². The molecule has 184 valence electrons. The Morgan fingerprint density at radius 2 is 1.31 bits per heavy atom. The van der Waals surface area contributed by atoms with Crippen LogP contribution in [0.25, 0.3) is 66.1 Å². The number of nitrogens with zero attached hydrogens (tertiary/aromatic N) is 2. The molecule has 0 spiro atoms. The molecule has 0 N–H and O–H groups in total. The fraction of sp³-hybridized carbons (Fsp3) is 0.0811. The molecule has 0 saturated carbocycles. The lowest BCUT2D eigenvalue weighted by Crippen LogP contribution is -2.14. The second kappa shape index (κ2) is 8.09. The van der Waals surface area contributed by atoms with Gasteiger partial charge in [0.15, 0.2) is 0 Å². The van der Waals surface area contributed by atoms with Crippen LogP contribution in [-0.4, -0.2) is 9.97 Å². The average Bonchev–Trinajstić information content (AvgIpc) is 3.23. The SMILES string of the molecule is CC1(C)c2ccccc2-c2c1ccc1c(-c3cccc(-c4nccc5ccccc45)c3)nc3ccccc3c21. The highest BCUT2D eigenvalue weighted by atomic mass is 14.7. The summed E-state index contributed by atoms with van der Waals surface area (Å²) >= 11 is 0. The lowest BCUT2D eigenvalue weighted by Gasteiger charge is -2.22. The fourth-order valence-electron chi connectivity index (χ4n) is 6.62. The maximum Gasteiger partial charge on any atom is 0.0788 e. The molecule has 39 heavy (non-hydrogen) atoms. The Hall–Kier alpha value is -4.82.